The number of hydrogen-bond donors (Lipinski definition) is 2. The van der Waals surface area contributed by atoms with Crippen molar-refractivity contribution >= 4 is 5.96 Å². The predicted octanol–water partition coefficient (Wildman–Crippen LogP) is 2.13. The molecule has 1 rings (SSSR count). The molecule has 0 unspecified atom stereocenters. The first-order valence-corrected chi connectivity index (χ1v) is 6.51. The first kappa shape index (κ1) is 15.4. The SMILES string of the molecule is CCCCNC(=NCc1nccn1C(F)F)NCC. The van der Waals surface area contributed by atoms with E-state index in [1.165, 1.54) is 12.4 Å². The molecule has 0 fully saturated rings. The highest BCUT2D eigenvalue weighted by atomic mass is 19.3. The molecule has 0 saturated heterocycles. The van der Waals surface area contributed by atoms with E-state index in [9.17, 15) is 8.78 Å². The largest absolute Gasteiger partial charge is 0.357 e. The fourth-order valence-corrected chi connectivity index (χ4v) is 1.52. The lowest BCUT2D eigenvalue weighted by Crippen LogP contribution is -2.37. The van der Waals surface area contributed by atoms with Gasteiger partial charge >= 0.3 is 6.55 Å². The van der Waals surface area contributed by atoms with Gasteiger partial charge in [0.25, 0.3) is 0 Å². The summed E-state index contributed by atoms with van der Waals surface area (Å²) in [6.07, 6.45) is 4.74. The summed E-state index contributed by atoms with van der Waals surface area (Å²) < 4.78 is 26.1. The number of aromatic nitrogens is 2. The van der Waals surface area contributed by atoms with Crippen LogP contribution in [0, 0.1) is 0 Å². The van der Waals surface area contributed by atoms with E-state index in [2.05, 4.69) is 27.5 Å². The Morgan fingerprint density at radius 2 is 2.21 bits per heavy atom. The number of nitrogens with zero attached hydrogens (tertiary/aromatic N) is 3. The smallest absolute Gasteiger partial charge is 0.319 e. The molecule has 1 aromatic heterocycles. The average molecular weight is 273 g/mol. The summed E-state index contributed by atoms with van der Waals surface area (Å²) in [5, 5.41) is 6.21. The van der Waals surface area contributed by atoms with Crippen LogP contribution in [0.4, 0.5) is 8.78 Å². The first-order chi connectivity index (χ1) is 9.19. The standard InChI is InChI=1S/C12H21F2N5/c1-3-5-6-17-12(15-4-2)18-9-10-16-7-8-19(10)11(13)14/h7-8,11H,3-6,9H2,1-2H3,(H2,15,17,18). The van der Waals surface area contributed by atoms with Gasteiger partial charge in [0.1, 0.15) is 12.4 Å². The minimum Gasteiger partial charge on any atom is -0.357 e. The molecule has 0 radical (unpaired) electrons. The van der Waals surface area contributed by atoms with E-state index < -0.39 is 6.55 Å². The quantitative estimate of drug-likeness (QED) is 0.454. The van der Waals surface area contributed by atoms with Crippen LogP contribution in [-0.4, -0.2) is 28.6 Å². The number of hydrogen-bond acceptors (Lipinski definition) is 2. The molecule has 0 amide bonds. The van der Waals surface area contributed by atoms with Crippen molar-refractivity contribution in [3.63, 3.8) is 0 Å². The molecule has 0 spiro atoms. The molecule has 0 aromatic carbocycles. The van der Waals surface area contributed by atoms with Crippen molar-refractivity contribution in [1.29, 1.82) is 0 Å². The van der Waals surface area contributed by atoms with Gasteiger partial charge in [-0.3, -0.25) is 4.57 Å². The highest BCUT2D eigenvalue weighted by Crippen LogP contribution is 2.12. The molecule has 0 aliphatic rings. The van der Waals surface area contributed by atoms with Crippen molar-refractivity contribution in [3.8, 4) is 0 Å². The zero-order valence-corrected chi connectivity index (χ0v) is 11.4. The highest BCUT2D eigenvalue weighted by molar-refractivity contribution is 5.79. The Morgan fingerprint density at radius 3 is 2.84 bits per heavy atom. The summed E-state index contributed by atoms with van der Waals surface area (Å²) in [6, 6.07) is 0. The summed E-state index contributed by atoms with van der Waals surface area (Å²) in [6.45, 7) is 3.14. The van der Waals surface area contributed by atoms with Crippen LogP contribution in [0.5, 0.6) is 0 Å². The van der Waals surface area contributed by atoms with Crippen molar-refractivity contribution in [3.05, 3.63) is 18.2 Å². The number of halogens is 2. The summed E-state index contributed by atoms with van der Waals surface area (Å²) in [5.74, 6) is 0.877. The van der Waals surface area contributed by atoms with E-state index in [0.717, 1.165) is 30.5 Å². The Hall–Kier alpha value is -1.66. The van der Waals surface area contributed by atoms with Crippen molar-refractivity contribution in [2.24, 2.45) is 4.99 Å². The maximum Gasteiger partial charge on any atom is 0.319 e. The second kappa shape index (κ2) is 8.44. The molecule has 1 aromatic rings. The second-order valence-corrected chi connectivity index (χ2v) is 4.00. The van der Waals surface area contributed by atoms with Crippen LogP contribution in [0.15, 0.2) is 17.4 Å². The Labute approximate surface area is 112 Å². The van der Waals surface area contributed by atoms with Gasteiger partial charge in [0, 0.05) is 25.5 Å². The molecular formula is C12H21F2N5. The number of nitrogens with one attached hydrogen (secondary N) is 2. The van der Waals surface area contributed by atoms with Crippen LogP contribution < -0.4 is 10.6 Å². The van der Waals surface area contributed by atoms with Crippen LogP contribution in [0.25, 0.3) is 0 Å². The number of unbranched alkanes of at least 4 members (excludes halogenated alkanes) is 1. The van der Waals surface area contributed by atoms with Crippen LogP contribution in [0.3, 0.4) is 0 Å². The minimum absolute atomic E-state index is 0.124. The molecule has 0 atom stereocenters. The van der Waals surface area contributed by atoms with Gasteiger partial charge < -0.3 is 10.6 Å². The predicted molar refractivity (Wildman–Crippen MR) is 71.2 cm³/mol. The van der Waals surface area contributed by atoms with Gasteiger partial charge in [-0.15, -0.1) is 0 Å². The highest BCUT2D eigenvalue weighted by Gasteiger charge is 2.10. The molecule has 7 heteroatoms. The van der Waals surface area contributed by atoms with Crippen LogP contribution in [-0.2, 0) is 6.54 Å². The number of aliphatic imine (C=N–C) groups is 1. The van der Waals surface area contributed by atoms with Crippen LogP contribution >= 0.6 is 0 Å². The molecule has 19 heavy (non-hydrogen) atoms. The molecule has 0 bridgehead atoms. The third-order valence-corrected chi connectivity index (χ3v) is 2.50. The average Bonchev–Trinajstić information content (AvgIpc) is 2.84. The van der Waals surface area contributed by atoms with Gasteiger partial charge in [0.05, 0.1) is 0 Å². The first-order valence-electron chi connectivity index (χ1n) is 6.51. The van der Waals surface area contributed by atoms with E-state index in [1.54, 1.807) is 0 Å². The maximum absolute atomic E-state index is 12.6. The van der Waals surface area contributed by atoms with E-state index >= 15 is 0 Å². The Morgan fingerprint density at radius 1 is 1.42 bits per heavy atom. The van der Waals surface area contributed by atoms with Gasteiger partial charge in [-0.25, -0.2) is 9.98 Å². The van der Waals surface area contributed by atoms with Gasteiger partial charge in [-0.1, -0.05) is 13.3 Å². The topological polar surface area (TPSA) is 54.2 Å². The van der Waals surface area contributed by atoms with E-state index in [-0.39, 0.29) is 12.4 Å². The normalized spacial score (nSPS) is 11.9. The molecule has 2 N–H and O–H groups in total. The number of guanidine groups is 1. The fourth-order valence-electron chi connectivity index (χ4n) is 1.52. The van der Waals surface area contributed by atoms with Crippen molar-refractivity contribution < 1.29 is 8.78 Å². The van der Waals surface area contributed by atoms with Gasteiger partial charge in [-0.05, 0) is 13.3 Å². The molecular weight excluding hydrogens is 252 g/mol. The Balaban J connectivity index is 2.60. The van der Waals surface area contributed by atoms with E-state index in [0.29, 0.717) is 5.96 Å². The van der Waals surface area contributed by atoms with E-state index in [1.807, 2.05) is 6.92 Å². The Kier molecular flexibility index (Phi) is 6.84. The third-order valence-electron chi connectivity index (χ3n) is 2.50. The minimum atomic E-state index is -2.58. The summed E-state index contributed by atoms with van der Waals surface area (Å²) >= 11 is 0. The van der Waals surface area contributed by atoms with Crippen LogP contribution in [0.2, 0.25) is 0 Å². The summed E-state index contributed by atoms with van der Waals surface area (Å²) in [5.41, 5.74) is 0. The second-order valence-electron chi connectivity index (χ2n) is 4.00. The third kappa shape index (κ3) is 5.23. The molecule has 108 valence electrons. The molecule has 0 aliphatic carbocycles. The van der Waals surface area contributed by atoms with Crippen molar-refractivity contribution in [1.82, 2.24) is 20.2 Å². The van der Waals surface area contributed by atoms with Crippen molar-refractivity contribution in [2.75, 3.05) is 13.1 Å². The van der Waals surface area contributed by atoms with Gasteiger partial charge in [-0.2, -0.15) is 8.78 Å². The molecule has 5 nitrogen and oxygen atoms in total. The zero-order chi connectivity index (χ0) is 14.1. The lowest BCUT2D eigenvalue weighted by molar-refractivity contribution is 0.0671. The van der Waals surface area contributed by atoms with Gasteiger partial charge in [0.2, 0.25) is 0 Å². The fraction of sp³-hybridized carbons (Fsp3) is 0.667. The monoisotopic (exact) mass is 273 g/mol. The maximum atomic E-state index is 12.6. The van der Waals surface area contributed by atoms with Crippen LogP contribution in [0.1, 0.15) is 39.1 Å². The Bertz CT molecular complexity index is 389. The summed E-state index contributed by atoms with van der Waals surface area (Å²) in [4.78, 5) is 8.13. The zero-order valence-electron chi connectivity index (χ0n) is 11.4. The number of alkyl halides is 2. The van der Waals surface area contributed by atoms with Gasteiger partial charge in [0.15, 0.2) is 5.96 Å². The van der Waals surface area contributed by atoms with Crippen molar-refractivity contribution in [2.45, 2.75) is 39.8 Å². The molecule has 0 aliphatic heterocycles. The number of imidazole rings is 1. The lowest BCUT2D eigenvalue weighted by Gasteiger charge is -2.11. The lowest BCUT2D eigenvalue weighted by atomic mass is 10.3. The summed E-state index contributed by atoms with van der Waals surface area (Å²) in [7, 11) is 0. The van der Waals surface area contributed by atoms with E-state index in [4.69, 9.17) is 0 Å². The molecule has 0 saturated carbocycles. The molecule has 1 heterocycles. The number of rotatable bonds is 7.